The Morgan fingerprint density at radius 2 is 1.81 bits per heavy atom. The van der Waals surface area contributed by atoms with Crippen LogP contribution >= 0.6 is 11.3 Å². The highest BCUT2D eigenvalue weighted by molar-refractivity contribution is 7.17. The van der Waals surface area contributed by atoms with Gasteiger partial charge in [0.15, 0.2) is 5.78 Å². The third kappa shape index (κ3) is 2.03. The van der Waals surface area contributed by atoms with E-state index in [0.29, 0.717) is 5.56 Å². The molecule has 0 amide bonds. The van der Waals surface area contributed by atoms with Crippen molar-refractivity contribution in [1.82, 2.24) is 4.98 Å². The fraction of sp³-hybridized carbons (Fsp3) is 0. The van der Waals surface area contributed by atoms with Crippen molar-refractivity contribution in [2.24, 2.45) is 0 Å². The van der Waals surface area contributed by atoms with Crippen LogP contribution in [0, 0.1) is 0 Å². The van der Waals surface area contributed by atoms with Crippen LogP contribution in [0.2, 0.25) is 0 Å². The number of thiophene rings is 1. The Labute approximate surface area is 125 Å². The first kappa shape index (κ1) is 12.2. The number of ketones is 1. The number of aromatic nitrogens is 1. The Balaban J connectivity index is 1.86. The van der Waals surface area contributed by atoms with E-state index in [9.17, 15) is 4.79 Å². The summed E-state index contributed by atoms with van der Waals surface area (Å²) in [7, 11) is 0. The highest BCUT2D eigenvalue weighted by Crippen LogP contribution is 2.28. The Morgan fingerprint density at radius 1 is 1.00 bits per heavy atom. The van der Waals surface area contributed by atoms with E-state index in [1.54, 1.807) is 17.5 Å². The van der Waals surface area contributed by atoms with Crippen molar-refractivity contribution in [3.05, 3.63) is 77.3 Å². The van der Waals surface area contributed by atoms with E-state index in [1.807, 2.05) is 60.0 Å². The van der Waals surface area contributed by atoms with Gasteiger partial charge in [0.25, 0.3) is 0 Å². The topological polar surface area (TPSA) is 30.0 Å². The highest BCUT2D eigenvalue weighted by Gasteiger charge is 2.14. The van der Waals surface area contributed by atoms with Crippen molar-refractivity contribution in [2.75, 3.05) is 0 Å². The SMILES string of the molecule is O=C(c1cnc2ccccc2c1)c1csc2ccccc12. The van der Waals surface area contributed by atoms with Gasteiger partial charge in [-0.2, -0.15) is 0 Å². The van der Waals surface area contributed by atoms with Crippen molar-refractivity contribution in [3.8, 4) is 0 Å². The predicted molar refractivity (Wildman–Crippen MR) is 87.0 cm³/mol. The molecule has 2 aromatic carbocycles. The zero-order chi connectivity index (χ0) is 14.2. The lowest BCUT2D eigenvalue weighted by atomic mass is 10.0. The van der Waals surface area contributed by atoms with Crippen molar-refractivity contribution < 1.29 is 4.79 Å². The molecule has 0 saturated heterocycles. The van der Waals surface area contributed by atoms with Gasteiger partial charge in [-0.15, -0.1) is 11.3 Å². The Morgan fingerprint density at radius 3 is 2.76 bits per heavy atom. The predicted octanol–water partition coefficient (Wildman–Crippen LogP) is 4.68. The van der Waals surface area contributed by atoms with Gasteiger partial charge in [-0.25, -0.2) is 0 Å². The van der Waals surface area contributed by atoms with E-state index in [1.165, 1.54) is 0 Å². The summed E-state index contributed by atoms with van der Waals surface area (Å²) < 4.78 is 1.13. The first-order chi connectivity index (χ1) is 10.3. The summed E-state index contributed by atoms with van der Waals surface area (Å²) in [6.07, 6.45) is 1.66. The molecule has 4 aromatic rings. The Hall–Kier alpha value is -2.52. The van der Waals surface area contributed by atoms with Gasteiger partial charge >= 0.3 is 0 Å². The van der Waals surface area contributed by atoms with Gasteiger partial charge in [-0.3, -0.25) is 9.78 Å². The molecule has 4 rings (SSSR count). The molecule has 2 heterocycles. The number of fused-ring (bicyclic) bond motifs is 2. The van der Waals surface area contributed by atoms with Crippen LogP contribution in [-0.4, -0.2) is 10.8 Å². The van der Waals surface area contributed by atoms with Gasteiger partial charge in [0.2, 0.25) is 0 Å². The fourth-order valence-corrected chi connectivity index (χ4v) is 3.45. The number of carbonyl (C=O) groups excluding carboxylic acids is 1. The highest BCUT2D eigenvalue weighted by atomic mass is 32.1. The quantitative estimate of drug-likeness (QED) is 0.501. The summed E-state index contributed by atoms with van der Waals surface area (Å²) in [6, 6.07) is 17.7. The molecule has 0 radical (unpaired) electrons. The molecule has 21 heavy (non-hydrogen) atoms. The monoisotopic (exact) mass is 289 g/mol. The molecular formula is C18H11NOS. The Kier molecular flexibility index (Phi) is 2.79. The molecule has 0 N–H and O–H groups in total. The number of benzene rings is 2. The summed E-state index contributed by atoms with van der Waals surface area (Å²) in [5.41, 5.74) is 2.30. The zero-order valence-electron chi connectivity index (χ0n) is 11.1. The van der Waals surface area contributed by atoms with E-state index in [4.69, 9.17) is 0 Å². The maximum atomic E-state index is 12.7. The van der Waals surface area contributed by atoms with Gasteiger partial charge in [0.1, 0.15) is 0 Å². The molecule has 0 atom stereocenters. The van der Waals surface area contributed by atoms with E-state index in [-0.39, 0.29) is 5.78 Å². The van der Waals surface area contributed by atoms with Crippen LogP contribution in [0.4, 0.5) is 0 Å². The van der Waals surface area contributed by atoms with Crippen molar-refractivity contribution >= 4 is 38.1 Å². The lowest BCUT2D eigenvalue weighted by Gasteiger charge is -2.02. The van der Waals surface area contributed by atoms with Crippen molar-refractivity contribution in [1.29, 1.82) is 0 Å². The minimum atomic E-state index is 0.0331. The van der Waals surface area contributed by atoms with Gasteiger partial charge in [-0.05, 0) is 18.2 Å². The van der Waals surface area contributed by atoms with E-state index in [0.717, 1.165) is 26.6 Å². The number of pyridine rings is 1. The van der Waals surface area contributed by atoms with E-state index in [2.05, 4.69) is 4.98 Å². The minimum absolute atomic E-state index is 0.0331. The number of hydrogen-bond acceptors (Lipinski definition) is 3. The van der Waals surface area contributed by atoms with Crippen LogP contribution < -0.4 is 0 Å². The molecule has 2 nitrogen and oxygen atoms in total. The summed E-state index contributed by atoms with van der Waals surface area (Å²) >= 11 is 1.60. The third-order valence-electron chi connectivity index (χ3n) is 3.58. The standard InChI is InChI=1S/C18H11NOS/c20-18(15-11-21-17-8-4-2-6-14(15)17)13-9-12-5-1-3-7-16(12)19-10-13/h1-11H. The van der Waals surface area contributed by atoms with Crippen LogP contribution in [0.1, 0.15) is 15.9 Å². The van der Waals surface area contributed by atoms with Crippen LogP contribution in [-0.2, 0) is 0 Å². The smallest absolute Gasteiger partial charge is 0.196 e. The molecule has 2 aromatic heterocycles. The first-order valence-electron chi connectivity index (χ1n) is 6.69. The largest absolute Gasteiger partial charge is 0.288 e. The van der Waals surface area contributed by atoms with Crippen LogP contribution in [0.15, 0.2) is 66.2 Å². The second-order valence-electron chi connectivity index (χ2n) is 4.89. The maximum Gasteiger partial charge on any atom is 0.196 e. The summed E-state index contributed by atoms with van der Waals surface area (Å²) in [5, 5.41) is 3.94. The van der Waals surface area contributed by atoms with Crippen LogP contribution in [0.3, 0.4) is 0 Å². The molecule has 0 spiro atoms. The number of hydrogen-bond donors (Lipinski definition) is 0. The molecule has 0 unspecified atom stereocenters. The van der Waals surface area contributed by atoms with E-state index >= 15 is 0 Å². The number of rotatable bonds is 2. The summed E-state index contributed by atoms with van der Waals surface area (Å²) in [5.74, 6) is 0.0331. The maximum absolute atomic E-state index is 12.7. The number of para-hydroxylation sites is 1. The molecule has 0 fully saturated rings. The molecule has 0 aliphatic carbocycles. The second kappa shape index (κ2) is 4.79. The fourth-order valence-electron chi connectivity index (χ4n) is 2.50. The normalized spacial score (nSPS) is 11.0. The molecule has 0 aliphatic rings. The zero-order valence-corrected chi connectivity index (χ0v) is 11.9. The summed E-state index contributed by atoms with van der Waals surface area (Å²) in [4.78, 5) is 17.1. The van der Waals surface area contributed by atoms with E-state index < -0.39 is 0 Å². The van der Waals surface area contributed by atoms with Crippen molar-refractivity contribution in [3.63, 3.8) is 0 Å². The number of carbonyl (C=O) groups is 1. The van der Waals surface area contributed by atoms with Crippen LogP contribution in [0.5, 0.6) is 0 Å². The Bertz CT molecular complexity index is 971. The molecule has 3 heteroatoms. The molecule has 0 aliphatic heterocycles. The number of nitrogens with zero attached hydrogens (tertiary/aromatic N) is 1. The van der Waals surface area contributed by atoms with Gasteiger partial charge in [-0.1, -0.05) is 36.4 Å². The summed E-state index contributed by atoms with van der Waals surface area (Å²) in [6.45, 7) is 0. The van der Waals surface area contributed by atoms with Crippen molar-refractivity contribution in [2.45, 2.75) is 0 Å². The molecule has 0 bridgehead atoms. The molecule has 0 saturated carbocycles. The first-order valence-corrected chi connectivity index (χ1v) is 7.56. The lowest BCUT2D eigenvalue weighted by molar-refractivity contribution is 0.104. The molecule has 100 valence electrons. The lowest BCUT2D eigenvalue weighted by Crippen LogP contribution is -2.01. The average molecular weight is 289 g/mol. The van der Waals surface area contributed by atoms with Gasteiger partial charge in [0, 0.05) is 38.2 Å². The van der Waals surface area contributed by atoms with Crippen LogP contribution in [0.25, 0.3) is 21.0 Å². The third-order valence-corrected chi connectivity index (χ3v) is 4.54. The minimum Gasteiger partial charge on any atom is -0.288 e. The molecular weight excluding hydrogens is 278 g/mol. The second-order valence-corrected chi connectivity index (χ2v) is 5.80. The van der Waals surface area contributed by atoms with Gasteiger partial charge < -0.3 is 0 Å². The average Bonchev–Trinajstić information content (AvgIpc) is 2.98. The van der Waals surface area contributed by atoms with Gasteiger partial charge in [0.05, 0.1) is 5.52 Å².